The molecule has 2 atom stereocenters. The molecule has 0 unspecified atom stereocenters. The first-order valence-corrected chi connectivity index (χ1v) is 10.4. The monoisotopic (exact) mass is 408 g/mol. The van der Waals surface area contributed by atoms with E-state index in [0.29, 0.717) is 16.5 Å². The van der Waals surface area contributed by atoms with Crippen molar-refractivity contribution < 1.29 is 9.15 Å². The Kier molecular flexibility index (Phi) is 3.96. The predicted octanol–water partition coefficient (Wildman–Crippen LogP) is 5.34. The average Bonchev–Trinajstić information content (AvgIpc) is 3.26. The molecule has 0 saturated carbocycles. The van der Waals surface area contributed by atoms with Gasteiger partial charge in [-0.15, -0.1) is 0 Å². The Morgan fingerprint density at radius 2 is 1.77 bits per heavy atom. The molecule has 152 valence electrons. The minimum Gasteiger partial charge on any atom is -0.464 e. The average molecular weight is 408 g/mol. The van der Waals surface area contributed by atoms with Crippen LogP contribution in [0, 0.1) is 6.92 Å². The van der Waals surface area contributed by atoms with Crippen LogP contribution in [0.1, 0.15) is 40.9 Å². The van der Waals surface area contributed by atoms with Crippen molar-refractivity contribution in [3.05, 3.63) is 112 Å². The van der Waals surface area contributed by atoms with Gasteiger partial charge in [-0.05, 0) is 30.7 Å². The molecule has 3 aromatic carbocycles. The Morgan fingerprint density at radius 3 is 2.65 bits per heavy atom. The number of aryl methyl sites for hydroxylation is 1. The molecule has 0 radical (unpaired) electrons. The van der Waals surface area contributed by atoms with Crippen LogP contribution in [0.15, 0.2) is 93.4 Å². The van der Waals surface area contributed by atoms with Crippen LogP contribution >= 0.6 is 0 Å². The van der Waals surface area contributed by atoms with Crippen molar-refractivity contribution in [1.29, 1.82) is 0 Å². The van der Waals surface area contributed by atoms with Gasteiger partial charge < -0.3 is 9.15 Å². The van der Waals surface area contributed by atoms with E-state index in [2.05, 4.69) is 18.2 Å². The van der Waals surface area contributed by atoms with E-state index in [0.717, 1.165) is 34.6 Å². The third-order valence-corrected chi connectivity index (χ3v) is 6.03. The fourth-order valence-electron chi connectivity index (χ4n) is 4.47. The smallest absolute Gasteiger partial charge is 0.220 e. The fourth-order valence-corrected chi connectivity index (χ4v) is 4.47. The SMILES string of the molecule is Cc1ccc2occ([C@@H]3Oc4ccccc4[C@@H]4CC(c5ccccc5)=NN43)c(=O)c2c1. The van der Waals surface area contributed by atoms with E-state index in [9.17, 15) is 4.79 Å². The molecule has 31 heavy (non-hydrogen) atoms. The van der Waals surface area contributed by atoms with Gasteiger partial charge in [0, 0.05) is 12.0 Å². The maximum absolute atomic E-state index is 13.4. The molecule has 5 nitrogen and oxygen atoms in total. The Morgan fingerprint density at radius 1 is 0.968 bits per heavy atom. The second-order valence-corrected chi connectivity index (χ2v) is 8.04. The number of ether oxygens (including phenoxy) is 1. The summed E-state index contributed by atoms with van der Waals surface area (Å²) in [4.78, 5) is 13.4. The van der Waals surface area contributed by atoms with Crippen molar-refractivity contribution >= 4 is 16.7 Å². The number of para-hydroxylation sites is 1. The molecule has 0 spiro atoms. The molecule has 4 aromatic rings. The van der Waals surface area contributed by atoms with Crippen molar-refractivity contribution in [3.63, 3.8) is 0 Å². The summed E-state index contributed by atoms with van der Waals surface area (Å²) >= 11 is 0. The molecule has 2 aliphatic heterocycles. The molecule has 2 aliphatic rings. The second-order valence-electron chi connectivity index (χ2n) is 8.04. The van der Waals surface area contributed by atoms with Crippen LogP contribution in [-0.4, -0.2) is 10.7 Å². The maximum Gasteiger partial charge on any atom is 0.220 e. The Hall–Kier alpha value is -3.86. The third-order valence-electron chi connectivity index (χ3n) is 6.03. The van der Waals surface area contributed by atoms with Crippen LogP contribution in [0.4, 0.5) is 0 Å². The van der Waals surface area contributed by atoms with Gasteiger partial charge in [-0.25, -0.2) is 5.01 Å². The van der Waals surface area contributed by atoms with Crippen LogP contribution in [0.5, 0.6) is 5.75 Å². The van der Waals surface area contributed by atoms with Gasteiger partial charge in [0.1, 0.15) is 17.6 Å². The van der Waals surface area contributed by atoms with Gasteiger partial charge in [-0.2, -0.15) is 5.10 Å². The quantitative estimate of drug-likeness (QED) is 0.449. The summed E-state index contributed by atoms with van der Waals surface area (Å²) in [6.45, 7) is 1.96. The molecule has 0 fully saturated rings. The lowest BCUT2D eigenvalue weighted by Gasteiger charge is -2.37. The molecule has 0 amide bonds. The van der Waals surface area contributed by atoms with Crippen LogP contribution in [0.25, 0.3) is 11.0 Å². The fraction of sp³-hybridized carbons (Fsp3) is 0.154. The molecule has 0 saturated heterocycles. The zero-order valence-electron chi connectivity index (χ0n) is 17.0. The van der Waals surface area contributed by atoms with Crippen molar-refractivity contribution in [2.45, 2.75) is 25.6 Å². The highest BCUT2D eigenvalue weighted by Crippen LogP contribution is 2.47. The second kappa shape index (κ2) is 6.84. The first kappa shape index (κ1) is 18.0. The summed E-state index contributed by atoms with van der Waals surface area (Å²) in [6.07, 6.45) is 1.62. The highest BCUT2D eigenvalue weighted by Gasteiger charge is 2.42. The molecule has 0 bridgehead atoms. The van der Waals surface area contributed by atoms with Gasteiger partial charge in [0.05, 0.1) is 22.7 Å². The normalized spacial score (nSPS) is 19.5. The largest absolute Gasteiger partial charge is 0.464 e. The predicted molar refractivity (Wildman–Crippen MR) is 119 cm³/mol. The van der Waals surface area contributed by atoms with E-state index in [-0.39, 0.29) is 11.5 Å². The van der Waals surface area contributed by atoms with E-state index in [1.165, 1.54) is 6.26 Å². The van der Waals surface area contributed by atoms with E-state index in [1.807, 2.05) is 66.5 Å². The summed E-state index contributed by atoms with van der Waals surface area (Å²) in [5.41, 5.74) is 5.09. The van der Waals surface area contributed by atoms with E-state index >= 15 is 0 Å². The number of hydrazone groups is 1. The van der Waals surface area contributed by atoms with Crippen molar-refractivity contribution in [1.82, 2.24) is 5.01 Å². The van der Waals surface area contributed by atoms with Gasteiger partial charge in [-0.1, -0.05) is 60.2 Å². The van der Waals surface area contributed by atoms with Crippen molar-refractivity contribution in [2.75, 3.05) is 0 Å². The van der Waals surface area contributed by atoms with Gasteiger partial charge in [0.2, 0.25) is 11.7 Å². The zero-order valence-corrected chi connectivity index (χ0v) is 17.0. The van der Waals surface area contributed by atoms with Crippen LogP contribution < -0.4 is 10.2 Å². The molecular formula is C26H20N2O3. The van der Waals surface area contributed by atoms with E-state index in [1.54, 1.807) is 0 Å². The molecule has 0 N–H and O–H groups in total. The standard InChI is InChI=1S/C26H20N2O3/c1-16-11-12-23-19(13-16)25(29)20(15-30-23)26-28-22(18-9-5-6-10-24(18)31-26)14-21(27-28)17-7-3-2-4-8-17/h2-13,15,22,26H,14H2,1H3/t22-,26-/m0/s1. The lowest BCUT2D eigenvalue weighted by Crippen LogP contribution is -2.36. The van der Waals surface area contributed by atoms with E-state index < -0.39 is 6.23 Å². The number of nitrogens with zero attached hydrogens (tertiary/aromatic N) is 2. The lowest BCUT2D eigenvalue weighted by atomic mass is 9.96. The first-order valence-electron chi connectivity index (χ1n) is 10.4. The molecule has 3 heterocycles. The number of rotatable bonds is 2. The van der Waals surface area contributed by atoms with Crippen molar-refractivity contribution in [2.24, 2.45) is 5.10 Å². The topological polar surface area (TPSA) is 55.0 Å². The molecule has 1 aromatic heterocycles. The minimum atomic E-state index is -0.651. The van der Waals surface area contributed by atoms with Gasteiger partial charge in [0.15, 0.2) is 0 Å². The summed E-state index contributed by atoms with van der Waals surface area (Å²) in [5, 5.41) is 7.39. The zero-order chi connectivity index (χ0) is 20.9. The number of benzene rings is 3. The number of hydrogen-bond acceptors (Lipinski definition) is 5. The summed E-state index contributed by atoms with van der Waals surface area (Å²) in [7, 11) is 0. The Balaban J connectivity index is 1.52. The molecular weight excluding hydrogens is 388 g/mol. The van der Waals surface area contributed by atoms with Crippen LogP contribution in [0.3, 0.4) is 0 Å². The van der Waals surface area contributed by atoms with Gasteiger partial charge in [0.25, 0.3) is 0 Å². The van der Waals surface area contributed by atoms with Gasteiger partial charge >= 0.3 is 0 Å². The minimum absolute atomic E-state index is 0.00207. The Bertz CT molecular complexity index is 1390. The number of fused-ring (bicyclic) bond motifs is 4. The Labute approximate surface area is 179 Å². The summed E-state index contributed by atoms with van der Waals surface area (Å²) in [6, 6.07) is 23.7. The summed E-state index contributed by atoms with van der Waals surface area (Å²) in [5.74, 6) is 0.780. The lowest BCUT2D eigenvalue weighted by molar-refractivity contribution is -0.0205. The van der Waals surface area contributed by atoms with Crippen LogP contribution in [-0.2, 0) is 0 Å². The van der Waals surface area contributed by atoms with E-state index in [4.69, 9.17) is 14.3 Å². The highest BCUT2D eigenvalue weighted by molar-refractivity contribution is 6.01. The molecule has 6 rings (SSSR count). The van der Waals surface area contributed by atoms with Crippen LogP contribution in [0.2, 0.25) is 0 Å². The molecule has 5 heteroatoms. The first-order chi connectivity index (χ1) is 15.2. The maximum atomic E-state index is 13.4. The van der Waals surface area contributed by atoms with Gasteiger partial charge in [-0.3, -0.25) is 4.79 Å². The third kappa shape index (κ3) is 2.85. The number of hydrogen-bond donors (Lipinski definition) is 0. The molecule has 0 aliphatic carbocycles. The highest BCUT2D eigenvalue weighted by atomic mass is 16.5. The summed E-state index contributed by atoms with van der Waals surface area (Å²) < 4.78 is 12.2. The van der Waals surface area contributed by atoms with Crippen molar-refractivity contribution in [3.8, 4) is 5.75 Å².